The second-order valence-electron chi connectivity index (χ2n) is 4.34. The van der Waals surface area contributed by atoms with Crippen LogP contribution in [0.25, 0.3) is 6.08 Å². The van der Waals surface area contributed by atoms with E-state index < -0.39 is 5.97 Å². The third-order valence-corrected chi connectivity index (χ3v) is 3.04. The SMILES string of the molecule is O=C(COC(=O)/C=C/c1cccc(Br)c1)NC1CC1. The molecule has 1 aromatic rings. The minimum absolute atomic E-state index is 0.224. The van der Waals surface area contributed by atoms with Gasteiger partial charge in [-0.15, -0.1) is 0 Å². The maximum Gasteiger partial charge on any atom is 0.331 e. The average molecular weight is 324 g/mol. The summed E-state index contributed by atoms with van der Waals surface area (Å²) in [5.41, 5.74) is 0.883. The van der Waals surface area contributed by atoms with Crippen molar-refractivity contribution in [3.05, 3.63) is 40.4 Å². The first-order valence-electron chi connectivity index (χ1n) is 6.03. The van der Waals surface area contributed by atoms with Gasteiger partial charge in [-0.25, -0.2) is 4.79 Å². The molecule has 2 rings (SSSR count). The molecule has 0 aromatic heterocycles. The topological polar surface area (TPSA) is 55.4 Å². The Kier molecular flexibility index (Phi) is 4.74. The molecule has 1 aromatic carbocycles. The lowest BCUT2D eigenvalue weighted by atomic mass is 10.2. The van der Waals surface area contributed by atoms with E-state index in [9.17, 15) is 9.59 Å². The van der Waals surface area contributed by atoms with Gasteiger partial charge in [0, 0.05) is 16.6 Å². The fraction of sp³-hybridized carbons (Fsp3) is 0.286. The number of benzene rings is 1. The number of hydrogen-bond donors (Lipinski definition) is 1. The van der Waals surface area contributed by atoms with Crippen LogP contribution in [0.5, 0.6) is 0 Å². The first-order chi connectivity index (χ1) is 9.13. The van der Waals surface area contributed by atoms with E-state index in [-0.39, 0.29) is 18.6 Å². The number of rotatable bonds is 5. The van der Waals surface area contributed by atoms with Gasteiger partial charge in [0.15, 0.2) is 6.61 Å². The predicted molar refractivity (Wildman–Crippen MR) is 75.3 cm³/mol. The zero-order valence-electron chi connectivity index (χ0n) is 10.3. The smallest absolute Gasteiger partial charge is 0.331 e. The number of ether oxygens (including phenoxy) is 1. The largest absolute Gasteiger partial charge is 0.452 e. The van der Waals surface area contributed by atoms with E-state index in [2.05, 4.69) is 21.2 Å². The van der Waals surface area contributed by atoms with E-state index in [1.807, 2.05) is 24.3 Å². The van der Waals surface area contributed by atoms with Gasteiger partial charge in [-0.3, -0.25) is 4.79 Å². The summed E-state index contributed by atoms with van der Waals surface area (Å²) in [4.78, 5) is 22.7. The maximum absolute atomic E-state index is 11.4. The molecule has 1 fully saturated rings. The van der Waals surface area contributed by atoms with Crippen molar-refractivity contribution < 1.29 is 14.3 Å². The van der Waals surface area contributed by atoms with Crippen molar-refractivity contribution in [3.8, 4) is 0 Å². The van der Waals surface area contributed by atoms with E-state index >= 15 is 0 Å². The lowest BCUT2D eigenvalue weighted by Gasteiger charge is -2.02. The van der Waals surface area contributed by atoms with Gasteiger partial charge in [0.05, 0.1) is 0 Å². The van der Waals surface area contributed by atoms with Crippen molar-refractivity contribution in [2.24, 2.45) is 0 Å². The van der Waals surface area contributed by atoms with E-state index in [0.29, 0.717) is 0 Å². The zero-order chi connectivity index (χ0) is 13.7. The second-order valence-corrected chi connectivity index (χ2v) is 5.25. The van der Waals surface area contributed by atoms with E-state index in [1.165, 1.54) is 6.08 Å². The molecule has 0 radical (unpaired) electrons. The van der Waals surface area contributed by atoms with Crippen molar-refractivity contribution in [3.63, 3.8) is 0 Å². The number of carbonyl (C=O) groups is 2. The van der Waals surface area contributed by atoms with Crippen LogP contribution in [0.3, 0.4) is 0 Å². The lowest BCUT2D eigenvalue weighted by molar-refractivity contribution is -0.143. The molecular weight excluding hydrogens is 310 g/mol. The average Bonchev–Trinajstić information content (AvgIpc) is 3.18. The van der Waals surface area contributed by atoms with Gasteiger partial charge in [0.25, 0.3) is 5.91 Å². The summed E-state index contributed by atoms with van der Waals surface area (Å²) in [6.07, 6.45) is 4.99. The van der Waals surface area contributed by atoms with E-state index in [1.54, 1.807) is 6.08 Å². The molecule has 0 heterocycles. The molecule has 19 heavy (non-hydrogen) atoms. The summed E-state index contributed by atoms with van der Waals surface area (Å²) < 4.78 is 5.77. The fourth-order valence-electron chi connectivity index (χ4n) is 1.46. The highest BCUT2D eigenvalue weighted by atomic mass is 79.9. The van der Waals surface area contributed by atoms with Gasteiger partial charge in [0.2, 0.25) is 0 Å². The molecular formula is C14H14BrNO3. The summed E-state index contributed by atoms with van der Waals surface area (Å²) in [5, 5.41) is 2.74. The highest BCUT2D eigenvalue weighted by Crippen LogP contribution is 2.18. The minimum Gasteiger partial charge on any atom is -0.452 e. The van der Waals surface area contributed by atoms with Crippen LogP contribution in [0.15, 0.2) is 34.8 Å². The third kappa shape index (κ3) is 5.26. The Labute approximate surface area is 120 Å². The van der Waals surface area contributed by atoms with Gasteiger partial charge < -0.3 is 10.1 Å². The maximum atomic E-state index is 11.4. The summed E-state index contributed by atoms with van der Waals surface area (Å²) >= 11 is 3.34. The number of halogens is 1. The van der Waals surface area contributed by atoms with E-state index in [0.717, 1.165) is 22.9 Å². The summed E-state index contributed by atoms with van der Waals surface area (Å²) in [6, 6.07) is 7.80. The van der Waals surface area contributed by atoms with Crippen LogP contribution in [0.2, 0.25) is 0 Å². The molecule has 1 aliphatic rings. The zero-order valence-corrected chi connectivity index (χ0v) is 11.9. The molecule has 1 amide bonds. The highest BCUT2D eigenvalue weighted by molar-refractivity contribution is 9.10. The van der Waals surface area contributed by atoms with Crippen molar-refractivity contribution >= 4 is 33.9 Å². The van der Waals surface area contributed by atoms with Gasteiger partial charge in [0.1, 0.15) is 0 Å². The molecule has 1 saturated carbocycles. The molecule has 4 nitrogen and oxygen atoms in total. The standard InChI is InChI=1S/C14H14BrNO3/c15-11-3-1-2-10(8-11)4-7-14(18)19-9-13(17)16-12-5-6-12/h1-4,7-8,12H,5-6,9H2,(H,16,17)/b7-4+. The van der Waals surface area contributed by atoms with Gasteiger partial charge >= 0.3 is 5.97 Å². The quantitative estimate of drug-likeness (QED) is 0.668. The van der Waals surface area contributed by atoms with Gasteiger partial charge in [-0.05, 0) is 36.6 Å². The molecule has 100 valence electrons. The summed E-state index contributed by atoms with van der Waals surface area (Å²) in [6.45, 7) is -0.224. The number of hydrogen-bond acceptors (Lipinski definition) is 3. The molecule has 0 atom stereocenters. The normalized spacial score (nSPS) is 14.4. The van der Waals surface area contributed by atoms with Crippen LogP contribution in [-0.2, 0) is 14.3 Å². The Bertz CT molecular complexity index is 509. The Morgan fingerprint density at radius 2 is 2.21 bits per heavy atom. The minimum atomic E-state index is -0.522. The van der Waals surface area contributed by atoms with Crippen LogP contribution in [0.4, 0.5) is 0 Å². The monoisotopic (exact) mass is 323 g/mol. The molecule has 0 unspecified atom stereocenters. The number of carbonyl (C=O) groups excluding carboxylic acids is 2. The van der Waals surface area contributed by atoms with Crippen LogP contribution in [0, 0.1) is 0 Å². The van der Waals surface area contributed by atoms with Crippen molar-refractivity contribution in [1.29, 1.82) is 0 Å². The van der Waals surface area contributed by atoms with Gasteiger partial charge in [-0.2, -0.15) is 0 Å². The predicted octanol–water partition coefficient (Wildman–Crippen LogP) is 2.28. The molecule has 1 aliphatic carbocycles. The van der Waals surface area contributed by atoms with Crippen LogP contribution >= 0.6 is 15.9 Å². The highest BCUT2D eigenvalue weighted by Gasteiger charge is 2.23. The van der Waals surface area contributed by atoms with Crippen molar-refractivity contribution in [2.45, 2.75) is 18.9 Å². The summed E-state index contributed by atoms with van der Waals surface area (Å²) in [5.74, 6) is -0.766. The lowest BCUT2D eigenvalue weighted by Crippen LogP contribution is -2.30. The van der Waals surface area contributed by atoms with Crippen LogP contribution < -0.4 is 5.32 Å². The summed E-state index contributed by atoms with van der Waals surface area (Å²) in [7, 11) is 0. The van der Waals surface area contributed by atoms with Crippen molar-refractivity contribution in [1.82, 2.24) is 5.32 Å². The Morgan fingerprint density at radius 1 is 1.42 bits per heavy atom. The fourth-order valence-corrected chi connectivity index (χ4v) is 1.87. The molecule has 0 saturated heterocycles. The Balaban J connectivity index is 1.75. The van der Waals surface area contributed by atoms with Gasteiger partial charge in [-0.1, -0.05) is 28.1 Å². The van der Waals surface area contributed by atoms with Crippen LogP contribution in [-0.4, -0.2) is 24.5 Å². The number of esters is 1. The molecule has 0 bridgehead atoms. The second kappa shape index (κ2) is 6.52. The molecule has 0 aliphatic heterocycles. The molecule has 0 spiro atoms. The third-order valence-electron chi connectivity index (χ3n) is 2.55. The first kappa shape index (κ1) is 13.8. The molecule has 5 heteroatoms. The Hall–Kier alpha value is -1.62. The molecule has 1 N–H and O–H groups in total. The van der Waals surface area contributed by atoms with E-state index in [4.69, 9.17) is 4.74 Å². The Morgan fingerprint density at radius 3 is 2.89 bits per heavy atom. The number of amides is 1. The first-order valence-corrected chi connectivity index (χ1v) is 6.82. The number of nitrogens with one attached hydrogen (secondary N) is 1. The van der Waals surface area contributed by atoms with Crippen LogP contribution in [0.1, 0.15) is 18.4 Å². The van der Waals surface area contributed by atoms with Crippen molar-refractivity contribution in [2.75, 3.05) is 6.61 Å².